The molecule has 0 saturated carbocycles. The van der Waals surface area contributed by atoms with Crippen molar-refractivity contribution in [2.75, 3.05) is 25.2 Å². The molecule has 0 amide bonds. The summed E-state index contributed by atoms with van der Waals surface area (Å²) in [6.45, 7) is 1.72. The topological polar surface area (TPSA) is 25.4 Å². The summed E-state index contributed by atoms with van der Waals surface area (Å²) in [4.78, 5) is 6.33. The Morgan fingerprint density at radius 1 is 1.62 bits per heavy atom. The molecule has 70 valence electrons. The first-order valence-corrected chi connectivity index (χ1v) is 4.58. The van der Waals surface area contributed by atoms with E-state index in [0.717, 1.165) is 25.3 Å². The number of rotatable bonds is 2. The Balaban J connectivity index is 2.08. The van der Waals surface area contributed by atoms with Gasteiger partial charge in [-0.15, -0.1) is 0 Å². The molecule has 1 aliphatic rings. The summed E-state index contributed by atoms with van der Waals surface area (Å²) < 4.78 is 5.34. The number of anilines is 1. The van der Waals surface area contributed by atoms with Gasteiger partial charge in [-0.25, -0.2) is 0 Å². The summed E-state index contributed by atoms with van der Waals surface area (Å²) in [7, 11) is 2.09. The highest BCUT2D eigenvalue weighted by molar-refractivity contribution is 5.43. The third-order valence-corrected chi connectivity index (χ3v) is 2.51. The molecule has 1 fully saturated rings. The molecule has 1 unspecified atom stereocenters. The maximum atomic E-state index is 5.34. The Labute approximate surface area is 78.3 Å². The van der Waals surface area contributed by atoms with Crippen LogP contribution in [0.25, 0.3) is 0 Å². The minimum atomic E-state index is 0.518. The van der Waals surface area contributed by atoms with Gasteiger partial charge >= 0.3 is 0 Å². The van der Waals surface area contributed by atoms with Crippen molar-refractivity contribution in [2.24, 2.45) is 0 Å². The molecular weight excluding hydrogens is 164 g/mol. The molecule has 2 rings (SSSR count). The van der Waals surface area contributed by atoms with Gasteiger partial charge in [-0.3, -0.25) is 4.98 Å². The highest BCUT2D eigenvalue weighted by Gasteiger charge is 2.20. The smallest absolute Gasteiger partial charge is 0.0670 e. The van der Waals surface area contributed by atoms with E-state index in [2.05, 4.69) is 23.0 Å². The molecule has 0 aliphatic carbocycles. The third kappa shape index (κ3) is 1.80. The van der Waals surface area contributed by atoms with Crippen LogP contribution >= 0.6 is 0 Å². The standard InChI is InChI=1S/C10H14N2O/c1-12(10-4-6-13-8-10)9-3-2-5-11-7-9/h2-3,5,7,10H,4,6,8H2,1H3. The van der Waals surface area contributed by atoms with Gasteiger partial charge < -0.3 is 9.64 Å². The van der Waals surface area contributed by atoms with Crippen molar-refractivity contribution in [3.8, 4) is 0 Å². The number of nitrogens with zero attached hydrogens (tertiary/aromatic N) is 2. The average molecular weight is 178 g/mol. The minimum Gasteiger partial charge on any atom is -0.379 e. The summed E-state index contributed by atoms with van der Waals surface area (Å²) in [5, 5.41) is 0. The first-order chi connectivity index (χ1) is 6.38. The van der Waals surface area contributed by atoms with E-state index in [9.17, 15) is 0 Å². The van der Waals surface area contributed by atoms with Gasteiger partial charge in [0.15, 0.2) is 0 Å². The van der Waals surface area contributed by atoms with E-state index in [0.29, 0.717) is 6.04 Å². The van der Waals surface area contributed by atoms with Crippen LogP contribution in [0.1, 0.15) is 6.42 Å². The fraction of sp³-hybridized carbons (Fsp3) is 0.500. The summed E-state index contributed by atoms with van der Waals surface area (Å²) in [5.74, 6) is 0. The fourth-order valence-electron chi connectivity index (χ4n) is 1.60. The normalized spacial score (nSPS) is 21.8. The number of pyridine rings is 1. The van der Waals surface area contributed by atoms with E-state index in [4.69, 9.17) is 4.74 Å². The van der Waals surface area contributed by atoms with Crippen molar-refractivity contribution in [1.29, 1.82) is 0 Å². The van der Waals surface area contributed by atoms with Crippen molar-refractivity contribution >= 4 is 5.69 Å². The van der Waals surface area contributed by atoms with Gasteiger partial charge in [0.05, 0.1) is 24.5 Å². The van der Waals surface area contributed by atoms with Crippen molar-refractivity contribution in [1.82, 2.24) is 4.98 Å². The highest BCUT2D eigenvalue weighted by Crippen LogP contribution is 2.18. The van der Waals surface area contributed by atoms with Crippen molar-refractivity contribution in [3.63, 3.8) is 0 Å². The van der Waals surface area contributed by atoms with E-state index >= 15 is 0 Å². The largest absolute Gasteiger partial charge is 0.379 e. The lowest BCUT2D eigenvalue weighted by molar-refractivity contribution is 0.193. The Bertz CT molecular complexity index is 257. The van der Waals surface area contributed by atoms with Crippen LogP contribution in [0.2, 0.25) is 0 Å². The van der Waals surface area contributed by atoms with Crippen LogP contribution in [0.15, 0.2) is 24.5 Å². The molecule has 0 N–H and O–H groups in total. The molecule has 1 aromatic heterocycles. The van der Waals surface area contributed by atoms with Crippen LogP contribution in [0, 0.1) is 0 Å². The van der Waals surface area contributed by atoms with Crippen LogP contribution in [0.3, 0.4) is 0 Å². The molecule has 3 heteroatoms. The van der Waals surface area contributed by atoms with Gasteiger partial charge in [-0.2, -0.15) is 0 Å². The Morgan fingerprint density at radius 3 is 3.15 bits per heavy atom. The lowest BCUT2D eigenvalue weighted by Crippen LogP contribution is -2.31. The zero-order valence-electron chi connectivity index (χ0n) is 7.81. The molecule has 1 aliphatic heterocycles. The van der Waals surface area contributed by atoms with Crippen molar-refractivity contribution in [3.05, 3.63) is 24.5 Å². The van der Waals surface area contributed by atoms with E-state index < -0.39 is 0 Å². The fourth-order valence-corrected chi connectivity index (χ4v) is 1.60. The first-order valence-electron chi connectivity index (χ1n) is 4.58. The van der Waals surface area contributed by atoms with Crippen LogP contribution < -0.4 is 4.90 Å². The molecular formula is C10H14N2O. The molecule has 1 aromatic rings. The van der Waals surface area contributed by atoms with Gasteiger partial charge in [0, 0.05) is 19.9 Å². The monoisotopic (exact) mass is 178 g/mol. The molecule has 0 aromatic carbocycles. The lowest BCUT2D eigenvalue weighted by atomic mass is 10.2. The SMILES string of the molecule is CN(c1cccnc1)C1CCOC1. The van der Waals surface area contributed by atoms with E-state index in [1.54, 1.807) is 6.20 Å². The molecule has 1 atom stereocenters. The average Bonchev–Trinajstić information content (AvgIpc) is 2.71. The predicted octanol–water partition coefficient (Wildman–Crippen LogP) is 1.31. The van der Waals surface area contributed by atoms with Gasteiger partial charge in [-0.05, 0) is 18.6 Å². The molecule has 0 bridgehead atoms. The van der Waals surface area contributed by atoms with E-state index in [1.807, 2.05) is 12.3 Å². The highest BCUT2D eigenvalue weighted by atomic mass is 16.5. The molecule has 1 saturated heterocycles. The van der Waals surface area contributed by atoms with E-state index in [1.165, 1.54) is 0 Å². The Kier molecular flexibility index (Phi) is 2.45. The van der Waals surface area contributed by atoms with E-state index in [-0.39, 0.29) is 0 Å². The van der Waals surface area contributed by atoms with Crippen molar-refractivity contribution < 1.29 is 4.74 Å². The van der Waals surface area contributed by atoms with Gasteiger partial charge in [0.2, 0.25) is 0 Å². The number of aromatic nitrogens is 1. The van der Waals surface area contributed by atoms with Crippen LogP contribution in [-0.4, -0.2) is 31.3 Å². The van der Waals surface area contributed by atoms with Crippen LogP contribution in [-0.2, 0) is 4.74 Å². The zero-order chi connectivity index (χ0) is 9.10. The lowest BCUT2D eigenvalue weighted by Gasteiger charge is -2.24. The van der Waals surface area contributed by atoms with Crippen LogP contribution in [0.5, 0.6) is 0 Å². The quantitative estimate of drug-likeness (QED) is 0.682. The van der Waals surface area contributed by atoms with Gasteiger partial charge in [0.25, 0.3) is 0 Å². The molecule has 0 radical (unpaired) electrons. The second-order valence-electron chi connectivity index (χ2n) is 3.34. The number of hydrogen-bond donors (Lipinski definition) is 0. The maximum Gasteiger partial charge on any atom is 0.0670 e. The van der Waals surface area contributed by atoms with Crippen LogP contribution in [0.4, 0.5) is 5.69 Å². The summed E-state index contributed by atoms with van der Waals surface area (Å²) in [5.41, 5.74) is 1.16. The predicted molar refractivity (Wildman–Crippen MR) is 51.9 cm³/mol. The maximum absolute atomic E-state index is 5.34. The Hall–Kier alpha value is -1.09. The van der Waals surface area contributed by atoms with Gasteiger partial charge in [0.1, 0.15) is 0 Å². The summed E-state index contributed by atoms with van der Waals surface area (Å²) in [6, 6.07) is 4.55. The van der Waals surface area contributed by atoms with Gasteiger partial charge in [-0.1, -0.05) is 0 Å². The third-order valence-electron chi connectivity index (χ3n) is 2.51. The molecule has 2 heterocycles. The molecule has 3 nitrogen and oxygen atoms in total. The summed E-state index contributed by atoms with van der Waals surface area (Å²) >= 11 is 0. The molecule has 0 spiro atoms. The minimum absolute atomic E-state index is 0.518. The number of likely N-dealkylation sites (N-methyl/N-ethyl adjacent to an activating group) is 1. The second kappa shape index (κ2) is 3.75. The zero-order valence-corrected chi connectivity index (χ0v) is 7.81. The number of ether oxygens (including phenoxy) is 1. The summed E-state index contributed by atoms with van der Waals surface area (Å²) in [6.07, 6.45) is 4.80. The van der Waals surface area contributed by atoms with Crippen molar-refractivity contribution in [2.45, 2.75) is 12.5 Å². The number of hydrogen-bond acceptors (Lipinski definition) is 3. The Morgan fingerprint density at radius 2 is 2.54 bits per heavy atom. The second-order valence-corrected chi connectivity index (χ2v) is 3.34. The first kappa shape index (κ1) is 8.51. The molecule has 13 heavy (non-hydrogen) atoms.